The average molecular weight is 252 g/mol. The lowest BCUT2D eigenvalue weighted by Gasteiger charge is -2.07. The zero-order valence-electron chi connectivity index (χ0n) is 10.8. The number of rotatable bonds is 4. The number of Topliss-reactive ketones (excluding diaryl/α,β-unsaturated/α-hetero) is 1. The average Bonchev–Trinajstić information content (AvgIpc) is 2.46. The highest BCUT2D eigenvalue weighted by Gasteiger charge is 2.10. The third-order valence-corrected chi connectivity index (χ3v) is 2.94. The number of aromatic hydroxyl groups is 1. The molecule has 0 aliphatic carbocycles. The van der Waals surface area contributed by atoms with Gasteiger partial charge in [0.2, 0.25) is 0 Å². The Balaban J connectivity index is 2.51. The highest BCUT2D eigenvalue weighted by molar-refractivity contribution is 6.25. The summed E-state index contributed by atoms with van der Waals surface area (Å²) in [5.41, 5.74) is 2.16. The lowest BCUT2D eigenvalue weighted by molar-refractivity contribution is -0.113. The van der Waals surface area contributed by atoms with E-state index in [0.717, 1.165) is 5.56 Å². The van der Waals surface area contributed by atoms with E-state index in [0.29, 0.717) is 17.6 Å². The first kappa shape index (κ1) is 13.1. The number of ketones is 1. The van der Waals surface area contributed by atoms with E-state index in [1.165, 1.54) is 0 Å². The minimum Gasteiger partial charge on any atom is -0.507 e. The van der Waals surface area contributed by atoms with Crippen LogP contribution in [0.15, 0.2) is 54.6 Å². The Bertz CT molecular complexity index is 598. The molecule has 0 radical (unpaired) electrons. The number of benzene rings is 2. The summed E-state index contributed by atoms with van der Waals surface area (Å²) < 4.78 is 0. The van der Waals surface area contributed by atoms with Crippen molar-refractivity contribution in [3.63, 3.8) is 0 Å². The van der Waals surface area contributed by atoms with Crippen LogP contribution in [0.4, 0.5) is 0 Å². The van der Waals surface area contributed by atoms with Crippen molar-refractivity contribution >= 4 is 17.4 Å². The van der Waals surface area contributed by atoms with Crippen LogP contribution in [0.2, 0.25) is 0 Å². The van der Waals surface area contributed by atoms with Gasteiger partial charge in [-0.15, -0.1) is 0 Å². The Morgan fingerprint density at radius 1 is 1.05 bits per heavy atom. The lowest BCUT2D eigenvalue weighted by atomic mass is 9.97. The zero-order valence-corrected chi connectivity index (χ0v) is 10.8. The zero-order chi connectivity index (χ0) is 13.7. The lowest BCUT2D eigenvalue weighted by Crippen LogP contribution is -1.99. The van der Waals surface area contributed by atoms with Crippen molar-refractivity contribution in [1.82, 2.24) is 0 Å². The number of para-hydroxylation sites is 1. The number of carbonyl (C=O) groups excluding carboxylic acids is 1. The molecule has 0 spiro atoms. The Morgan fingerprint density at radius 3 is 2.32 bits per heavy atom. The van der Waals surface area contributed by atoms with Crippen molar-refractivity contribution in [3.05, 3.63) is 65.7 Å². The summed E-state index contributed by atoms with van der Waals surface area (Å²) >= 11 is 0. The van der Waals surface area contributed by atoms with Crippen molar-refractivity contribution in [3.8, 4) is 5.75 Å². The van der Waals surface area contributed by atoms with Gasteiger partial charge in [0, 0.05) is 17.6 Å². The van der Waals surface area contributed by atoms with E-state index in [4.69, 9.17) is 0 Å². The third kappa shape index (κ3) is 3.10. The summed E-state index contributed by atoms with van der Waals surface area (Å²) in [5.74, 6) is 0.245. The second kappa shape index (κ2) is 6.01. The Hall–Kier alpha value is -2.35. The van der Waals surface area contributed by atoms with E-state index >= 15 is 0 Å². The number of carbonyl (C=O) groups is 1. The van der Waals surface area contributed by atoms with Crippen LogP contribution in [-0.4, -0.2) is 10.9 Å². The molecule has 2 aromatic rings. The minimum absolute atomic E-state index is 0.0643. The third-order valence-electron chi connectivity index (χ3n) is 2.94. The normalized spacial score (nSPS) is 11.3. The second-order valence-corrected chi connectivity index (χ2v) is 4.26. The van der Waals surface area contributed by atoms with Crippen LogP contribution in [0.1, 0.15) is 24.5 Å². The molecule has 0 aromatic heterocycles. The summed E-state index contributed by atoms with van der Waals surface area (Å²) in [6.45, 7) is 1.84. The highest BCUT2D eigenvalue weighted by atomic mass is 16.3. The SMILES string of the molecule is CCC(=O)C(=Cc1ccccc1O)c1ccccc1. The summed E-state index contributed by atoms with van der Waals surface area (Å²) in [4.78, 5) is 12.1. The molecule has 0 unspecified atom stereocenters. The van der Waals surface area contributed by atoms with Crippen LogP contribution in [0, 0.1) is 0 Å². The summed E-state index contributed by atoms with van der Waals surface area (Å²) in [5, 5.41) is 9.80. The molecular formula is C17H16O2. The molecule has 0 fully saturated rings. The van der Waals surface area contributed by atoms with Crippen LogP contribution in [0.25, 0.3) is 11.6 Å². The van der Waals surface area contributed by atoms with Crippen LogP contribution in [0.5, 0.6) is 5.75 Å². The summed E-state index contributed by atoms with van der Waals surface area (Å²) in [6.07, 6.45) is 2.19. The smallest absolute Gasteiger partial charge is 0.163 e. The maximum atomic E-state index is 12.1. The Labute approximate surface area is 113 Å². The maximum absolute atomic E-state index is 12.1. The van der Waals surface area contributed by atoms with E-state index < -0.39 is 0 Å². The fourth-order valence-electron chi connectivity index (χ4n) is 1.90. The van der Waals surface area contributed by atoms with Gasteiger partial charge in [-0.05, 0) is 17.7 Å². The van der Waals surface area contributed by atoms with Gasteiger partial charge in [-0.1, -0.05) is 55.5 Å². The molecule has 0 saturated heterocycles. The Morgan fingerprint density at radius 2 is 1.68 bits per heavy atom. The summed E-state index contributed by atoms with van der Waals surface area (Å²) in [6, 6.07) is 16.5. The largest absolute Gasteiger partial charge is 0.507 e. The predicted molar refractivity (Wildman–Crippen MR) is 77.7 cm³/mol. The van der Waals surface area contributed by atoms with Gasteiger partial charge in [0.15, 0.2) is 5.78 Å². The van der Waals surface area contributed by atoms with Gasteiger partial charge in [-0.3, -0.25) is 4.79 Å². The number of allylic oxidation sites excluding steroid dienone is 1. The first-order valence-corrected chi connectivity index (χ1v) is 6.30. The van der Waals surface area contributed by atoms with Crippen molar-refractivity contribution in [2.75, 3.05) is 0 Å². The molecule has 19 heavy (non-hydrogen) atoms. The fraction of sp³-hybridized carbons (Fsp3) is 0.118. The molecule has 0 amide bonds. The molecule has 0 bridgehead atoms. The maximum Gasteiger partial charge on any atom is 0.163 e. The van der Waals surface area contributed by atoms with E-state index in [2.05, 4.69) is 0 Å². The monoisotopic (exact) mass is 252 g/mol. The predicted octanol–water partition coefficient (Wildman–Crippen LogP) is 3.91. The van der Waals surface area contributed by atoms with E-state index in [9.17, 15) is 9.90 Å². The van der Waals surface area contributed by atoms with Crippen molar-refractivity contribution < 1.29 is 9.90 Å². The molecule has 1 N–H and O–H groups in total. The topological polar surface area (TPSA) is 37.3 Å². The number of hydrogen-bond donors (Lipinski definition) is 1. The van der Waals surface area contributed by atoms with Gasteiger partial charge in [-0.25, -0.2) is 0 Å². The fourth-order valence-corrected chi connectivity index (χ4v) is 1.90. The number of phenolic OH excluding ortho intramolecular Hbond substituents is 1. The van der Waals surface area contributed by atoms with Gasteiger partial charge in [-0.2, -0.15) is 0 Å². The Kier molecular flexibility index (Phi) is 4.14. The number of hydrogen-bond acceptors (Lipinski definition) is 2. The molecular weight excluding hydrogens is 236 g/mol. The molecule has 0 saturated carbocycles. The van der Waals surface area contributed by atoms with Gasteiger partial charge in [0.05, 0.1) is 0 Å². The number of phenols is 1. The van der Waals surface area contributed by atoms with Gasteiger partial charge in [0.1, 0.15) is 5.75 Å². The molecule has 2 heteroatoms. The quantitative estimate of drug-likeness (QED) is 0.661. The van der Waals surface area contributed by atoms with Crippen molar-refractivity contribution in [1.29, 1.82) is 0 Å². The van der Waals surface area contributed by atoms with Crippen LogP contribution < -0.4 is 0 Å². The van der Waals surface area contributed by atoms with Gasteiger partial charge in [0.25, 0.3) is 0 Å². The van der Waals surface area contributed by atoms with E-state index in [1.54, 1.807) is 24.3 Å². The van der Waals surface area contributed by atoms with Gasteiger partial charge >= 0.3 is 0 Å². The molecule has 96 valence electrons. The highest BCUT2D eigenvalue weighted by Crippen LogP contribution is 2.24. The molecule has 0 aliphatic heterocycles. The van der Waals surface area contributed by atoms with Crippen molar-refractivity contribution in [2.45, 2.75) is 13.3 Å². The molecule has 0 atom stereocenters. The van der Waals surface area contributed by atoms with Crippen LogP contribution in [0.3, 0.4) is 0 Å². The molecule has 2 aromatic carbocycles. The standard InChI is InChI=1S/C17H16O2/c1-2-16(18)15(13-8-4-3-5-9-13)12-14-10-6-7-11-17(14)19/h3-12,19H,2H2,1H3. The molecule has 2 nitrogen and oxygen atoms in total. The van der Waals surface area contributed by atoms with E-state index in [1.807, 2.05) is 43.3 Å². The molecule has 0 aliphatic rings. The van der Waals surface area contributed by atoms with Gasteiger partial charge < -0.3 is 5.11 Å². The molecule has 2 rings (SSSR count). The summed E-state index contributed by atoms with van der Waals surface area (Å²) in [7, 11) is 0. The first-order chi connectivity index (χ1) is 9.22. The minimum atomic E-state index is 0.0643. The first-order valence-electron chi connectivity index (χ1n) is 6.30. The molecule has 0 heterocycles. The second-order valence-electron chi connectivity index (χ2n) is 4.26. The van der Waals surface area contributed by atoms with E-state index in [-0.39, 0.29) is 11.5 Å². The van der Waals surface area contributed by atoms with Crippen molar-refractivity contribution in [2.24, 2.45) is 0 Å². The van der Waals surface area contributed by atoms with Crippen LogP contribution >= 0.6 is 0 Å². The van der Waals surface area contributed by atoms with Crippen LogP contribution in [-0.2, 0) is 4.79 Å².